The van der Waals surface area contributed by atoms with Gasteiger partial charge in [0.1, 0.15) is 0 Å². The molecule has 0 atom stereocenters. The highest BCUT2D eigenvalue weighted by Crippen LogP contribution is 2.33. The van der Waals surface area contributed by atoms with Crippen LogP contribution < -0.4 is 4.74 Å². The topological polar surface area (TPSA) is 42.4 Å². The lowest BCUT2D eigenvalue weighted by Gasteiger charge is -2.07. The van der Waals surface area contributed by atoms with Gasteiger partial charge in [0.15, 0.2) is 11.5 Å². The van der Waals surface area contributed by atoms with E-state index in [1.54, 1.807) is 18.2 Å². The second-order valence-corrected chi connectivity index (χ2v) is 3.69. The van der Waals surface area contributed by atoms with Crippen LogP contribution in [-0.4, -0.2) is 17.2 Å². The number of methoxy groups -OCH3 is 1. The third-order valence-corrected chi connectivity index (χ3v) is 2.50. The zero-order valence-electron chi connectivity index (χ0n) is 8.41. The van der Waals surface area contributed by atoms with E-state index in [1.165, 1.54) is 7.11 Å². The third-order valence-electron chi connectivity index (χ3n) is 2.19. The maximum Gasteiger partial charge on any atom is 0.161 e. The van der Waals surface area contributed by atoms with Crippen molar-refractivity contribution in [3.05, 3.63) is 28.9 Å². The van der Waals surface area contributed by atoms with Crippen molar-refractivity contribution >= 4 is 22.5 Å². The van der Waals surface area contributed by atoms with Crippen molar-refractivity contribution in [2.75, 3.05) is 7.11 Å². The van der Waals surface area contributed by atoms with E-state index in [0.717, 1.165) is 11.1 Å². The molecular formula is C11H10ClNO2. The molecule has 15 heavy (non-hydrogen) atoms. The van der Waals surface area contributed by atoms with Gasteiger partial charge in [-0.2, -0.15) is 0 Å². The van der Waals surface area contributed by atoms with Crippen molar-refractivity contribution in [1.29, 1.82) is 0 Å². The number of benzene rings is 1. The minimum absolute atomic E-state index is 0.0687. The van der Waals surface area contributed by atoms with Crippen molar-refractivity contribution in [1.82, 2.24) is 4.98 Å². The average molecular weight is 224 g/mol. The van der Waals surface area contributed by atoms with Crippen LogP contribution in [0.15, 0.2) is 18.2 Å². The first-order chi connectivity index (χ1) is 7.11. The number of ether oxygens (including phenoxy) is 1. The summed E-state index contributed by atoms with van der Waals surface area (Å²) in [6.45, 7) is 1.85. The summed E-state index contributed by atoms with van der Waals surface area (Å²) >= 11 is 6.07. The predicted octanol–water partition coefficient (Wildman–Crippen LogP) is 2.91. The molecule has 0 spiro atoms. The Bertz CT molecular complexity index is 525. The van der Waals surface area contributed by atoms with E-state index in [0.29, 0.717) is 16.3 Å². The van der Waals surface area contributed by atoms with E-state index in [4.69, 9.17) is 16.3 Å². The van der Waals surface area contributed by atoms with Crippen molar-refractivity contribution in [2.24, 2.45) is 0 Å². The molecule has 0 bridgehead atoms. The molecule has 3 nitrogen and oxygen atoms in total. The summed E-state index contributed by atoms with van der Waals surface area (Å²) in [6.07, 6.45) is 0. The quantitative estimate of drug-likeness (QED) is 0.808. The van der Waals surface area contributed by atoms with Gasteiger partial charge in [-0.25, -0.2) is 0 Å². The van der Waals surface area contributed by atoms with Crippen LogP contribution in [0.25, 0.3) is 10.9 Å². The highest BCUT2D eigenvalue weighted by molar-refractivity contribution is 6.35. The molecule has 0 aliphatic carbocycles. The SMILES string of the molecule is COc1cc2c(Cl)cc(C)nc2cc1O. The van der Waals surface area contributed by atoms with Crippen LogP contribution in [0, 0.1) is 6.92 Å². The van der Waals surface area contributed by atoms with E-state index in [1.807, 2.05) is 6.92 Å². The first-order valence-corrected chi connectivity index (χ1v) is 4.83. The van der Waals surface area contributed by atoms with Crippen molar-refractivity contribution in [3.63, 3.8) is 0 Å². The van der Waals surface area contributed by atoms with Gasteiger partial charge in [0, 0.05) is 17.1 Å². The van der Waals surface area contributed by atoms with Gasteiger partial charge in [-0.3, -0.25) is 4.98 Å². The number of phenolic OH excluding ortho intramolecular Hbond substituents is 1. The Hall–Kier alpha value is -1.48. The van der Waals surface area contributed by atoms with E-state index < -0.39 is 0 Å². The summed E-state index contributed by atoms with van der Waals surface area (Å²) in [5.74, 6) is 0.467. The van der Waals surface area contributed by atoms with Gasteiger partial charge in [-0.1, -0.05) is 11.6 Å². The second-order valence-electron chi connectivity index (χ2n) is 3.29. The van der Waals surface area contributed by atoms with Gasteiger partial charge in [-0.05, 0) is 19.1 Å². The molecular weight excluding hydrogens is 214 g/mol. The number of aryl methyl sites for hydroxylation is 1. The normalized spacial score (nSPS) is 10.6. The lowest BCUT2D eigenvalue weighted by molar-refractivity contribution is 0.374. The standard InChI is InChI=1S/C11H10ClNO2/c1-6-3-8(12)7-4-11(15-2)10(14)5-9(7)13-6/h3-5,14H,1-2H3. The summed E-state index contributed by atoms with van der Waals surface area (Å²) < 4.78 is 5.00. The molecule has 0 saturated heterocycles. The van der Waals surface area contributed by atoms with Gasteiger partial charge >= 0.3 is 0 Å². The largest absolute Gasteiger partial charge is 0.504 e. The fraction of sp³-hybridized carbons (Fsp3) is 0.182. The summed E-state index contributed by atoms with van der Waals surface area (Å²) in [7, 11) is 1.50. The monoisotopic (exact) mass is 223 g/mol. The van der Waals surface area contributed by atoms with Crippen LogP contribution in [0.5, 0.6) is 11.5 Å². The Morgan fingerprint density at radius 3 is 2.73 bits per heavy atom. The number of halogens is 1. The zero-order valence-corrected chi connectivity index (χ0v) is 9.17. The van der Waals surface area contributed by atoms with Gasteiger partial charge < -0.3 is 9.84 Å². The van der Waals surface area contributed by atoms with Crippen LogP contribution in [0.1, 0.15) is 5.69 Å². The number of aromatic nitrogens is 1. The summed E-state index contributed by atoms with van der Waals surface area (Å²) in [5, 5.41) is 11.0. The first-order valence-electron chi connectivity index (χ1n) is 4.45. The highest BCUT2D eigenvalue weighted by atomic mass is 35.5. The Balaban J connectivity index is 2.81. The van der Waals surface area contributed by atoms with Crippen LogP contribution in [0.4, 0.5) is 0 Å². The first kappa shape index (κ1) is 10.1. The number of hydrogen-bond donors (Lipinski definition) is 1. The van der Waals surface area contributed by atoms with Crippen LogP contribution in [-0.2, 0) is 0 Å². The third kappa shape index (κ3) is 1.70. The molecule has 0 amide bonds. The van der Waals surface area contributed by atoms with Crippen LogP contribution in [0.2, 0.25) is 5.02 Å². The highest BCUT2D eigenvalue weighted by Gasteiger charge is 2.08. The Morgan fingerprint density at radius 1 is 1.33 bits per heavy atom. The number of nitrogens with zero attached hydrogens (tertiary/aromatic N) is 1. The fourth-order valence-corrected chi connectivity index (χ4v) is 1.80. The lowest BCUT2D eigenvalue weighted by Crippen LogP contribution is -1.88. The number of aromatic hydroxyl groups is 1. The van der Waals surface area contributed by atoms with E-state index >= 15 is 0 Å². The van der Waals surface area contributed by atoms with Gasteiger partial charge in [-0.15, -0.1) is 0 Å². The van der Waals surface area contributed by atoms with Crippen LogP contribution >= 0.6 is 11.6 Å². The maximum atomic E-state index is 9.58. The molecule has 0 aliphatic rings. The molecule has 0 unspecified atom stereocenters. The van der Waals surface area contributed by atoms with Crippen molar-refractivity contribution in [2.45, 2.75) is 6.92 Å². The van der Waals surface area contributed by atoms with Crippen molar-refractivity contribution in [3.8, 4) is 11.5 Å². The predicted molar refractivity (Wildman–Crippen MR) is 59.7 cm³/mol. The summed E-state index contributed by atoms with van der Waals surface area (Å²) in [4.78, 5) is 4.27. The van der Waals surface area contributed by atoms with Crippen LogP contribution in [0.3, 0.4) is 0 Å². The number of pyridine rings is 1. The Labute approximate surface area is 92.3 Å². The number of rotatable bonds is 1. The maximum absolute atomic E-state index is 9.58. The Kier molecular flexibility index (Phi) is 2.40. The number of fused-ring (bicyclic) bond motifs is 1. The van der Waals surface area contributed by atoms with Crippen molar-refractivity contribution < 1.29 is 9.84 Å². The van der Waals surface area contributed by atoms with Gasteiger partial charge in [0.05, 0.1) is 17.6 Å². The van der Waals surface area contributed by atoms with E-state index in [2.05, 4.69) is 4.98 Å². The van der Waals surface area contributed by atoms with Gasteiger partial charge in [0.25, 0.3) is 0 Å². The number of hydrogen-bond acceptors (Lipinski definition) is 3. The summed E-state index contributed by atoms with van der Waals surface area (Å²) in [6, 6.07) is 5.01. The molecule has 1 N–H and O–H groups in total. The molecule has 1 heterocycles. The van der Waals surface area contributed by atoms with E-state index in [-0.39, 0.29) is 5.75 Å². The molecule has 78 valence electrons. The Morgan fingerprint density at radius 2 is 2.07 bits per heavy atom. The summed E-state index contributed by atoms with van der Waals surface area (Å²) in [5.41, 5.74) is 1.48. The number of phenols is 1. The molecule has 4 heteroatoms. The van der Waals surface area contributed by atoms with E-state index in [9.17, 15) is 5.11 Å². The fourth-order valence-electron chi connectivity index (χ4n) is 1.49. The van der Waals surface area contributed by atoms with Gasteiger partial charge in [0.2, 0.25) is 0 Å². The molecule has 1 aromatic heterocycles. The lowest BCUT2D eigenvalue weighted by atomic mass is 10.2. The average Bonchev–Trinajstić information content (AvgIpc) is 2.16. The minimum Gasteiger partial charge on any atom is -0.504 e. The zero-order chi connectivity index (χ0) is 11.0. The second kappa shape index (κ2) is 3.59. The smallest absolute Gasteiger partial charge is 0.161 e. The molecule has 2 aromatic rings. The minimum atomic E-state index is 0.0687. The molecule has 0 fully saturated rings. The molecule has 0 radical (unpaired) electrons. The molecule has 1 aromatic carbocycles. The molecule has 0 saturated carbocycles. The molecule has 2 rings (SSSR count). The molecule has 0 aliphatic heterocycles.